The molecule has 1 N–H and O–H groups in total. The van der Waals surface area contributed by atoms with E-state index in [1.165, 1.54) is 37.8 Å². The molecule has 0 saturated carbocycles. The average molecular weight is 302 g/mol. The Labute approximate surface area is 134 Å². The fourth-order valence-electron chi connectivity index (χ4n) is 4.15. The third kappa shape index (κ3) is 3.53. The Kier molecular flexibility index (Phi) is 5.17. The summed E-state index contributed by atoms with van der Waals surface area (Å²) in [5, 5.41) is 10.6. The maximum Gasteiger partial charge on any atom is 0.0951 e. The highest BCUT2D eigenvalue weighted by molar-refractivity contribution is 5.35. The summed E-state index contributed by atoms with van der Waals surface area (Å²) in [6.45, 7) is 3.52. The smallest absolute Gasteiger partial charge is 0.0951 e. The van der Waals surface area contributed by atoms with Gasteiger partial charge in [0.15, 0.2) is 0 Å². The molecule has 1 aromatic rings. The van der Waals surface area contributed by atoms with Crippen LogP contribution in [0, 0.1) is 5.92 Å². The highest BCUT2D eigenvalue weighted by atomic mass is 16.3. The summed E-state index contributed by atoms with van der Waals surface area (Å²) in [5.74, 6) is 0.886. The van der Waals surface area contributed by atoms with Gasteiger partial charge in [-0.2, -0.15) is 0 Å². The monoisotopic (exact) mass is 302 g/mol. The number of piperidine rings is 1. The number of benzene rings is 1. The van der Waals surface area contributed by atoms with Crippen molar-refractivity contribution in [2.75, 3.05) is 33.7 Å². The molecule has 3 nitrogen and oxygen atoms in total. The van der Waals surface area contributed by atoms with Gasteiger partial charge in [-0.3, -0.25) is 4.90 Å². The Morgan fingerprint density at radius 1 is 1.18 bits per heavy atom. The normalized spacial score (nSPS) is 26.5. The minimum absolute atomic E-state index is 0.290. The first-order valence-corrected chi connectivity index (χ1v) is 8.80. The molecule has 1 aliphatic heterocycles. The molecule has 0 bridgehead atoms. The van der Waals surface area contributed by atoms with Gasteiger partial charge in [-0.1, -0.05) is 24.3 Å². The van der Waals surface area contributed by atoms with Gasteiger partial charge in [0.2, 0.25) is 0 Å². The minimum Gasteiger partial charge on any atom is -0.387 e. The van der Waals surface area contributed by atoms with Crippen molar-refractivity contribution in [3.05, 3.63) is 35.4 Å². The van der Waals surface area contributed by atoms with Gasteiger partial charge in [-0.15, -0.1) is 0 Å². The number of hydrogen-bond acceptors (Lipinski definition) is 3. The summed E-state index contributed by atoms with van der Waals surface area (Å²) in [7, 11) is 4.31. The van der Waals surface area contributed by atoms with E-state index in [9.17, 15) is 5.11 Å². The van der Waals surface area contributed by atoms with E-state index in [0.29, 0.717) is 6.04 Å². The van der Waals surface area contributed by atoms with Crippen LogP contribution < -0.4 is 0 Å². The molecule has 1 aromatic carbocycles. The first-order chi connectivity index (χ1) is 10.6. The average Bonchev–Trinajstić information content (AvgIpc) is 2.85. The fraction of sp³-hybridized carbons (Fsp3) is 0.684. The first kappa shape index (κ1) is 16.0. The lowest BCUT2D eigenvalue weighted by Crippen LogP contribution is -2.43. The van der Waals surface area contributed by atoms with E-state index in [4.69, 9.17) is 0 Å². The standard InChI is InChI=1S/C19H30N2O/c1-20(2)11-5-6-15-9-12-21(13-10-15)18-14-16-7-3-4-8-17(16)19(18)22/h3-4,7-8,15,18-19,22H,5-6,9-14H2,1-2H3. The SMILES string of the molecule is CN(C)CCCC1CCN(C2Cc3ccccc3C2O)CC1. The maximum atomic E-state index is 10.6. The van der Waals surface area contributed by atoms with Crippen LogP contribution in [0.4, 0.5) is 0 Å². The number of hydrogen-bond donors (Lipinski definition) is 1. The van der Waals surface area contributed by atoms with Crippen molar-refractivity contribution >= 4 is 0 Å². The Balaban J connectivity index is 1.48. The molecular formula is C19H30N2O. The van der Waals surface area contributed by atoms with E-state index in [0.717, 1.165) is 31.0 Å². The molecule has 1 saturated heterocycles. The van der Waals surface area contributed by atoms with Crippen LogP contribution >= 0.6 is 0 Å². The predicted molar refractivity (Wildman–Crippen MR) is 91.0 cm³/mol. The Morgan fingerprint density at radius 2 is 1.91 bits per heavy atom. The number of nitrogens with zero attached hydrogens (tertiary/aromatic N) is 2. The van der Waals surface area contributed by atoms with Crippen LogP contribution in [0.1, 0.15) is 42.9 Å². The largest absolute Gasteiger partial charge is 0.387 e. The lowest BCUT2D eigenvalue weighted by atomic mass is 9.91. The quantitative estimate of drug-likeness (QED) is 0.906. The van der Waals surface area contributed by atoms with Crippen LogP contribution in [-0.4, -0.2) is 54.7 Å². The van der Waals surface area contributed by atoms with E-state index < -0.39 is 0 Å². The van der Waals surface area contributed by atoms with Crippen LogP contribution in [0.5, 0.6) is 0 Å². The van der Waals surface area contributed by atoms with E-state index >= 15 is 0 Å². The van der Waals surface area contributed by atoms with Crippen LogP contribution in [0.15, 0.2) is 24.3 Å². The molecule has 1 aliphatic carbocycles. The van der Waals surface area contributed by atoms with Crippen LogP contribution in [0.3, 0.4) is 0 Å². The number of rotatable bonds is 5. The predicted octanol–water partition coefficient (Wildman–Crippen LogP) is 2.70. The van der Waals surface area contributed by atoms with Crippen molar-refractivity contribution in [2.45, 2.75) is 44.2 Å². The summed E-state index contributed by atoms with van der Waals surface area (Å²) in [4.78, 5) is 4.81. The number of fused-ring (bicyclic) bond motifs is 1. The molecule has 0 aromatic heterocycles. The summed E-state index contributed by atoms with van der Waals surface area (Å²) in [6, 6.07) is 8.70. The lowest BCUT2D eigenvalue weighted by molar-refractivity contribution is 0.0379. The van der Waals surface area contributed by atoms with Crippen molar-refractivity contribution in [3.63, 3.8) is 0 Å². The Hall–Kier alpha value is -0.900. The molecule has 0 amide bonds. The molecule has 1 fully saturated rings. The molecule has 1 heterocycles. The molecule has 2 atom stereocenters. The van der Waals surface area contributed by atoms with Gasteiger partial charge in [-0.25, -0.2) is 0 Å². The highest BCUT2D eigenvalue weighted by Crippen LogP contribution is 2.36. The zero-order chi connectivity index (χ0) is 15.5. The summed E-state index contributed by atoms with van der Waals surface area (Å²) in [6.07, 6.45) is 6.00. The fourth-order valence-corrected chi connectivity index (χ4v) is 4.15. The minimum atomic E-state index is -0.290. The lowest BCUT2D eigenvalue weighted by Gasteiger charge is -2.37. The molecule has 3 heteroatoms. The summed E-state index contributed by atoms with van der Waals surface area (Å²) < 4.78 is 0. The van der Waals surface area contributed by atoms with Crippen molar-refractivity contribution in [2.24, 2.45) is 5.92 Å². The van der Waals surface area contributed by atoms with Crippen molar-refractivity contribution < 1.29 is 5.11 Å². The summed E-state index contributed by atoms with van der Waals surface area (Å²) >= 11 is 0. The molecule has 2 unspecified atom stereocenters. The number of aliphatic hydroxyl groups is 1. The van der Waals surface area contributed by atoms with Crippen LogP contribution in [0.2, 0.25) is 0 Å². The third-order valence-electron chi connectivity index (χ3n) is 5.50. The van der Waals surface area contributed by atoms with Gasteiger partial charge in [0.05, 0.1) is 6.10 Å². The van der Waals surface area contributed by atoms with Crippen LogP contribution in [0.25, 0.3) is 0 Å². The Bertz CT molecular complexity index is 480. The number of aliphatic hydroxyl groups excluding tert-OH is 1. The molecule has 0 spiro atoms. The second-order valence-electron chi connectivity index (χ2n) is 7.34. The van der Waals surface area contributed by atoms with E-state index in [1.54, 1.807) is 0 Å². The topological polar surface area (TPSA) is 26.7 Å². The molecule has 2 aliphatic rings. The molecule has 122 valence electrons. The van der Waals surface area contributed by atoms with Gasteiger partial charge in [0.1, 0.15) is 0 Å². The van der Waals surface area contributed by atoms with Gasteiger partial charge >= 0.3 is 0 Å². The third-order valence-corrected chi connectivity index (χ3v) is 5.50. The first-order valence-electron chi connectivity index (χ1n) is 8.80. The summed E-state index contributed by atoms with van der Waals surface area (Å²) in [5.41, 5.74) is 2.49. The van der Waals surface area contributed by atoms with Crippen molar-refractivity contribution in [1.82, 2.24) is 9.80 Å². The van der Waals surface area contributed by atoms with Gasteiger partial charge in [-0.05, 0) is 82.9 Å². The molecule has 0 radical (unpaired) electrons. The molecule has 3 rings (SSSR count). The second kappa shape index (κ2) is 7.12. The molecular weight excluding hydrogens is 272 g/mol. The molecule has 22 heavy (non-hydrogen) atoms. The Morgan fingerprint density at radius 3 is 2.59 bits per heavy atom. The zero-order valence-corrected chi connectivity index (χ0v) is 14.0. The number of likely N-dealkylation sites (tertiary alicyclic amines) is 1. The van der Waals surface area contributed by atoms with Gasteiger partial charge in [0.25, 0.3) is 0 Å². The highest BCUT2D eigenvalue weighted by Gasteiger charge is 2.36. The van der Waals surface area contributed by atoms with E-state index in [1.807, 2.05) is 6.07 Å². The van der Waals surface area contributed by atoms with Crippen molar-refractivity contribution in [3.8, 4) is 0 Å². The zero-order valence-electron chi connectivity index (χ0n) is 14.0. The van der Waals surface area contributed by atoms with E-state index in [-0.39, 0.29) is 6.10 Å². The maximum absolute atomic E-state index is 10.6. The van der Waals surface area contributed by atoms with Gasteiger partial charge in [0, 0.05) is 6.04 Å². The van der Waals surface area contributed by atoms with Crippen LogP contribution in [-0.2, 0) is 6.42 Å². The van der Waals surface area contributed by atoms with Crippen molar-refractivity contribution in [1.29, 1.82) is 0 Å². The second-order valence-corrected chi connectivity index (χ2v) is 7.34. The van der Waals surface area contributed by atoms with E-state index in [2.05, 4.69) is 42.1 Å². The van der Waals surface area contributed by atoms with Gasteiger partial charge < -0.3 is 10.0 Å².